The minimum atomic E-state index is -0.169. The molecule has 17 heavy (non-hydrogen) atoms. The molecule has 0 aromatic carbocycles. The van der Waals surface area contributed by atoms with Crippen molar-refractivity contribution in [3.63, 3.8) is 0 Å². The zero-order chi connectivity index (χ0) is 12.8. The first-order valence-electron chi connectivity index (χ1n) is 5.35. The van der Waals surface area contributed by atoms with Crippen LogP contribution in [-0.4, -0.2) is 34.9 Å². The molecule has 1 heterocycles. The van der Waals surface area contributed by atoms with Crippen LogP contribution in [-0.2, 0) is 0 Å². The normalized spacial score (nSPS) is 10.6. The highest BCUT2D eigenvalue weighted by molar-refractivity contribution is 7.98. The number of carbonyl (C=O) groups excluding carboxylic acids is 1. The predicted octanol–water partition coefficient (Wildman–Crippen LogP) is 1.64. The summed E-state index contributed by atoms with van der Waals surface area (Å²) < 4.78 is 4.01. The van der Waals surface area contributed by atoms with Crippen LogP contribution in [0.1, 0.15) is 24.2 Å². The minimum absolute atomic E-state index is 0.0841. The highest BCUT2D eigenvalue weighted by Crippen LogP contribution is 2.26. The maximum atomic E-state index is 11.9. The average molecular weight is 274 g/mol. The van der Waals surface area contributed by atoms with Crippen molar-refractivity contribution >= 4 is 40.0 Å². The van der Waals surface area contributed by atoms with Gasteiger partial charge in [0.2, 0.25) is 0 Å². The summed E-state index contributed by atoms with van der Waals surface area (Å²) >= 11 is 2.97. The lowest BCUT2D eigenvalue weighted by Crippen LogP contribution is -2.31. The third-order valence-electron chi connectivity index (χ3n) is 1.96. The summed E-state index contributed by atoms with van der Waals surface area (Å²) in [4.78, 5) is 11.9. The SMILES string of the molecule is CSCCNc1snc(N)c1C(=O)NC(C)C. The second-order valence-corrected chi connectivity index (χ2v) is 5.58. The molecule has 0 aliphatic carbocycles. The molecule has 4 N–H and O–H groups in total. The summed E-state index contributed by atoms with van der Waals surface area (Å²) in [5.41, 5.74) is 6.18. The fourth-order valence-electron chi connectivity index (χ4n) is 1.24. The molecule has 5 nitrogen and oxygen atoms in total. The first kappa shape index (κ1) is 14.1. The quantitative estimate of drug-likeness (QED) is 0.687. The Balaban J connectivity index is 2.75. The van der Waals surface area contributed by atoms with Gasteiger partial charge in [0.1, 0.15) is 10.6 Å². The van der Waals surface area contributed by atoms with E-state index in [-0.39, 0.29) is 11.9 Å². The maximum Gasteiger partial charge on any atom is 0.258 e. The number of nitrogen functional groups attached to an aromatic ring is 1. The molecule has 0 atom stereocenters. The minimum Gasteiger partial charge on any atom is -0.382 e. The number of amides is 1. The van der Waals surface area contributed by atoms with Crippen molar-refractivity contribution in [2.75, 3.05) is 29.6 Å². The lowest BCUT2D eigenvalue weighted by molar-refractivity contribution is 0.0945. The van der Waals surface area contributed by atoms with E-state index in [0.29, 0.717) is 11.4 Å². The van der Waals surface area contributed by atoms with E-state index in [0.717, 1.165) is 17.3 Å². The van der Waals surface area contributed by atoms with E-state index in [4.69, 9.17) is 5.73 Å². The van der Waals surface area contributed by atoms with Crippen molar-refractivity contribution < 1.29 is 4.79 Å². The highest BCUT2D eigenvalue weighted by atomic mass is 32.2. The van der Waals surface area contributed by atoms with Crippen molar-refractivity contribution in [1.29, 1.82) is 0 Å². The molecular weight excluding hydrogens is 256 g/mol. The number of hydrogen-bond donors (Lipinski definition) is 3. The van der Waals surface area contributed by atoms with Gasteiger partial charge in [-0.25, -0.2) is 0 Å². The van der Waals surface area contributed by atoms with Gasteiger partial charge in [-0.05, 0) is 31.6 Å². The highest BCUT2D eigenvalue weighted by Gasteiger charge is 2.19. The summed E-state index contributed by atoms with van der Waals surface area (Å²) in [5, 5.41) is 6.75. The predicted molar refractivity (Wildman–Crippen MR) is 76.0 cm³/mol. The number of hydrogen-bond acceptors (Lipinski definition) is 6. The molecule has 0 radical (unpaired) electrons. The Labute approximate surface area is 110 Å². The van der Waals surface area contributed by atoms with E-state index < -0.39 is 0 Å². The number of thioether (sulfide) groups is 1. The van der Waals surface area contributed by atoms with E-state index in [2.05, 4.69) is 15.0 Å². The molecule has 7 heteroatoms. The van der Waals surface area contributed by atoms with Crippen molar-refractivity contribution in [2.24, 2.45) is 0 Å². The van der Waals surface area contributed by atoms with Crippen LogP contribution >= 0.6 is 23.3 Å². The van der Waals surface area contributed by atoms with Gasteiger partial charge < -0.3 is 16.4 Å². The number of nitrogens with zero attached hydrogens (tertiary/aromatic N) is 1. The van der Waals surface area contributed by atoms with Crippen LogP contribution in [0.5, 0.6) is 0 Å². The number of rotatable bonds is 6. The van der Waals surface area contributed by atoms with Gasteiger partial charge in [-0.2, -0.15) is 16.1 Å². The van der Waals surface area contributed by atoms with Gasteiger partial charge in [-0.3, -0.25) is 4.79 Å². The standard InChI is InChI=1S/C10H18N4OS2/c1-6(2)13-9(15)7-8(11)14-17-10(7)12-4-5-16-3/h6,12H,4-5H2,1-3H3,(H2,11,14)(H,13,15). The Morgan fingerprint density at radius 2 is 2.29 bits per heavy atom. The second-order valence-electron chi connectivity index (χ2n) is 3.82. The molecule has 0 spiro atoms. The number of nitrogens with two attached hydrogens (primary N) is 1. The second kappa shape index (κ2) is 6.70. The topological polar surface area (TPSA) is 80.0 Å². The number of carbonyl (C=O) groups is 1. The van der Waals surface area contributed by atoms with Crippen molar-refractivity contribution in [3.8, 4) is 0 Å². The third kappa shape index (κ3) is 4.08. The fourth-order valence-corrected chi connectivity index (χ4v) is 2.29. The van der Waals surface area contributed by atoms with Crippen LogP contribution < -0.4 is 16.4 Å². The average Bonchev–Trinajstić information content (AvgIpc) is 2.59. The number of nitrogens with one attached hydrogen (secondary N) is 2. The Bertz CT molecular complexity index is 378. The van der Waals surface area contributed by atoms with Crippen LogP contribution in [0.3, 0.4) is 0 Å². The van der Waals surface area contributed by atoms with Crippen molar-refractivity contribution in [3.05, 3.63) is 5.56 Å². The van der Waals surface area contributed by atoms with Crippen LogP contribution in [0.4, 0.5) is 10.8 Å². The fraction of sp³-hybridized carbons (Fsp3) is 0.600. The van der Waals surface area contributed by atoms with Gasteiger partial charge in [0.25, 0.3) is 5.91 Å². The Kier molecular flexibility index (Phi) is 5.57. The molecule has 0 aliphatic heterocycles. The van der Waals surface area contributed by atoms with E-state index in [1.165, 1.54) is 11.5 Å². The first-order chi connectivity index (χ1) is 8.06. The van der Waals surface area contributed by atoms with Gasteiger partial charge in [-0.15, -0.1) is 0 Å². The molecule has 1 aromatic rings. The van der Waals surface area contributed by atoms with Crippen LogP contribution in [0.25, 0.3) is 0 Å². The molecule has 96 valence electrons. The van der Waals surface area contributed by atoms with E-state index in [1.807, 2.05) is 20.1 Å². The molecule has 0 saturated heterocycles. The van der Waals surface area contributed by atoms with E-state index >= 15 is 0 Å². The van der Waals surface area contributed by atoms with Gasteiger partial charge in [0, 0.05) is 18.3 Å². The van der Waals surface area contributed by atoms with E-state index in [9.17, 15) is 4.79 Å². The first-order valence-corrected chi connectivity index (χ1v) is 7.51. The van der Waals surface area contributed by atoms with Gasteiger partial charge in [0.05, 0.1) is 0 Å². The Morgan fingerprint density at radius 1 is 1.59 bits per heavy atom. The van der Waals surface area contributed by atoms with Gasteiger partial charge >= 0.3 is 0 Å². The largest absolute Gasteiger partial charge is 0.382 e. The molecule has 1 amide bonds. The molecule has 0 saturated carbocycles. The molecule has 1 aromatic heterocycles. The summed E-state index contributed by atoms with van der Waals surface area (Å²) in [5.74, 6) is 1.10. The van der Waals surface area contributed by atoms with E-state index in [1.54, 1.807) is 11.8 Å². The van der Waals surface area contributed by atoms with Crippen molar-refractivity contribution in [1.82, 2.24) is 9.69 Å². The molecule has 0 unspecified atom stereocenters. The monoisotopic (exact) mass is 274 g/mol. The van der Waals surface area contributed by atoms with Gasteiger partial charge in [-0.1, -0.05) is 0 Å². The molecule has 0 bridgehead atoms. The summed E-state index contributed by atoms with van der Waals surface area (Å²) in [6, 6.07) is 0.0841. The third-order valence-corrected chi connectivity index (χ3v) is 3.39. The zero-order valence-electron chi connectivity index (χ0n) is 10.2. The summed E-state index contributed by atoms with van der Waals surface area (Å²) in [6.07, 6.45) is 2.04. The zero-order valence-corrected chi connectivity index (χ0v) is 11.9. The Hall–Kier alpha value is -0.950. The molecule has 0 fully saturated rings. The van der Waals surface area contributed by atoms with Gasteiger partial charge in [0.15, 0.2) is 5.82 Å². The van der Waals surface area contributed by atoms with Crippen LogP contribution in [0.2, 0.25) is 0 Å². The lowest BCUT2D eigenvalue weighted by atomic mass is 10.2. The molecular formula is C10H18N4OS2. The smallest absolute Gasteiger partial charge is 0.258 e. The molecule has 1 rings (SSSR count). The lowest BCUT2D eigenvalue weighted by Gasteiger charge is -2.09. The van der Waals surface area contributed by atoms with Crippen molar-refractivity contribution in [2.45, 2.75) is 19.9 Å². The number of anilines is 2. The maximum absolute atomic E-state index is 11.9. The Morgan fingerprint density at radius 3 is 2.88 bits per heavy atom. The van der Waals surface area contributed by atoms with Crippen LogP contribution in [0, 0.1) is 0 Å². The summed E-state index contributed by atoms with van der Waals surface area (Å²) in [7, 11) is 0. The van der Waals surface area contributed by atoms with Crippen LogP contribution in [0.15, 0.2) is 0 Å². The molecule has 0 aliphatic rings. The summed E-state index contributed by atoms with van der Waals surface area (Å²) in [6.45, 7) is 4.62. The number of aromatic nitrogens is 1.